The van der Waals surface area contributed by atoms with E-state index in [1.165, 1.54) is 25.3 Å². The molecule has 0 aromatic heterocycles. The minimum atomic E-state index is -3.83. The zero-order valence-corrected chi connectivity index (χ0v) is 18.3. The van der Waals surface area contributed by atoms with Crippen LogP contribution in [0.5, 0.6) is 11.5 Å². The summed E-state index contributed by atoms with van der Waals surface area (Å²) in [7, 11) is -2.37. The summed E-state index contributed by atoms with van der Waals surface area (Å²) in [5.74, 6) is 0.620. The summed E-state index contributed by atoms with van der Waals surface area (Å²) < 4.78 is 38.7. The average Bonchev–Trinajstić information content (AvgIpc) is 2.77. The molecule has 3 rings (SSSR count). The van der Waals surface area contributed by atoms with Crippen LogP contribution in [0.1, 0.15) is 29.6 Å². The van der Waals surface area contributed by atoms with Gasteiger partial charge in [-0.25, -0.2) is 13.1 Å². The van der Waals surface area contributed by atoms with Crippen molar-refractivity contribution < 1.29 is 22.7 Å². The van der Waals surface area contributed by atoms with Crippen LogP contribution in [0.15, 0.2) is 47.4 Å². The molecule has 1 saturated heterocycles. The maximum Gasteiger partial charge on any atom is 0.257 e. The number of carbonyl (C=O) groups excluding carboxylic acids is 1. The Balaban J connectivity index is 1.69. The van der Waals surface area contributed by atoms with Crippen molar-refractivity contribution in [3.8, 4) is 11.5 Å². The lowest BCUT2D eigenvalue weighted by atomic mass is 10.1. The highest BCUT2D eigenvalue weighted by Gasteiger charge is 2.24. The Hall–Kier alpha value is -2.29. The Morgan fingerprint density at radius 3 is 2.53 bits per heavy atom. The van der Waals surface area contributed by atoms with Gasteiger partial charge in [-0.2, -0.15) is 0 Å². The summed E-state index contributed by atoms with van der Waals surface area (Å²) in [5, 5.41) is 0.455. The van der Waals surface area contributed by atoms with Crippen molar-refractivity contribution in [1.29, 1.82) is 0 Å². The minimum absolute atomic E-state index is 0.00130. The molecule has 162 valence electrons. The molecule has 1 fully saturated rings. The molecule has 1 heterocycles. The van der Waals surface area contributed by atoms with Crippen molar-refractivity contribution in [2.45, 2.75) is 24.2 Å². The third kappa shape index (κ3) is 5.44. The highest BCUT2D eigenvalue weighted by Crippen LogP contribution is 2.26. The van der Waals surface area contributed by atoms with Crippen molar-refractivity contribution in [2.24, 2.45) is 0 Å². The molecule has 2 aromatic rings. The number of carbonyl (C=O) groups is 1. The van der Waals surface area contributed by atoms with E-state index in [9.17, 15) is 13.2 Å². The maximum absolute atomic E-state index is 12.9. The second kappa shape index (κ2) is 10.1. The summed E-state index contributed by atoms with van der Waals surface area (Å²) >= 11 is 6.02. The van der Waals surface area contributed by atoms with Gasteiger partial charge in [-0.05, 0) is 49.6 Å². The number of sulfonamides is 1. The van der Waals surface area contributed by atoms with Crippen molar-refractivity contribution in [3.05, 3.63) is 53.1 Å². The van der Waals surface area contributed by atoms with E-state index < -0.39 is 10.0 Å². The SMILES string of the molecule is COc1ccc(S(=O)(=O)NCCOc2ccccc2Cl)cc1C(=O)N1CCCCC1. The van der Waals surface area contributed by atoms with E-state index in [0.717, 1.165) is 19.3 Å². The number of piperidine rings is 1. The molecule has 0 bridgehead atoms. The molecule has 9 heteroatoms. The molecule has 0 aliphatic carbocycles. The van der Waals surface area contributed by atoms with Crippen molar-refractivity contribution >= 4 is 27.5 Å². The van der Waals surface area contributed by atoms with E-state index in [2.05, 4.69) is 4.72 Å². The molecule has 7 nitrogen and oxygen atoms in total. The number of methoxy groups -OCH3 is 1. The molecule has 0 saturated carbocycles. The van der Waals surface area contributed by atoms with E-state index in [0.29, 0.717) is 29.6 Å². The Morgan fingerprint density at radius 2 is 1.83 bits per heavy atom. The molecule has 2 aromatic carbocycles. The third-order valence-corrected chi connectivity index (χ3v) is 6.61. The highest BCUT2D eigenvalue weighted by atomic mass is 35.5. The molecule has 0 unspecified atom stereocenters. The molecular weight excluding hydrogens is 428 g/mol. The van der Waals surface area contributed by atoms with Crippen LogP contribution < -0.4 is 14.2 Å². The molecule has 1 aliphatic rings. The Bertz CT molecular complexity index is 991. The molecule has 0 spiro atoms. The number of halogens is 1. The Morgan fingerprint density at radius 1 is 1.10 bits per heavy atom. The number of rotatable bonds is 8. The predicted molar refractivity (Wildman–Crippen MR) is 115 cm³/mol. The van der Waals surface area contributed by atoms with Crippen LogP contribution in [-0.2, 0) is 10.0 Å². The fraction of sp³-hybridized carbons (Fsp3) is 0.381. The Labute approximate surface area is 182 Å². The van der Waals surface area contributed by atoms with E-state index in [1.54, 1.807) is 29.2 Å². The number of amides is 1. The minimum Gasteiger partial charge on any atom is -0.496 e. The first-order valence-corrected chi connectivity index (χ1v) is 11.6. The van der Waals surface area contributed by atoms with Gasteiger partial charge < -0.3 is 14.4 Å². The molecule has 30 heavy (non-hydrogen) atoms. The van der Waals surface area contributed by atoms with Gasteiger partial charge in [0, 0.05) is 19.6 Å². The molecule has 0 radical (unpaired) electrons. The summed E-state index contributed by atoms with van der Waals surface area (Å²) in [6.07, 6.45) is 2.98. The first kappa shape index (κ1) is 22.4. The summed E-state index contributed by atoms with van der Waals surface area (Å²) in [6.45, 7) is 1.49. The number of para-hydroxylation sites is 1. The van der Waals surface area contributed by atoms with Crippen molar-refractivity contribution in [1.82, 2.24) is 9.62 Å². The number of hydrogen-bond acceptors (Lipinski definition) is 5. The first-order chi connectivity index (χ1) is 14.4. The van der Waals surface area contributed by atoms with Gasteiger partial charge in [0.1, 0.15) is 18.1 Å². The number of hydrogen-bond donors (Lipinski definition) is 1. The average molecular weight is 453 g/mol. The standard InChI is InChI=1S/C21H25ClN2O5S/c1-28-19-10-9-16(15-17(19)21(25)24-12-5-2-6-13-24)30(26,27)23-11-14-29-20-8-4-3-7-18(20)22/h3-4,7-10,15,23H,2,5-6,11-14H2,1H3. The maximum atomic E-state index is 12.9. The van der Waals surface area contributed by atoms with Crippen LogP contribution >= 0.6 is 11.6 Å². The number of likely N-dealkylation sites (tertiary alicyclic amines) is 1. The summed E-state index contributed by atoms with van der Waals surface area (Å²) in [5.41, 5.74) is 0.245. The van der Waals surface area contributed by atoms with Gasteiger partial charge in [0.15, 0.2) is 0 Å². The molecule has 1 amide bonds. The van der Waals surface area contributed by atoms with Gasteiger partial charge in [0.25, 0.3) is 5.91 Å². The van der Waals surface area contributed by atoms with Gasteiger partial charge in [-0.3, -0.25) is 4.79 Å². The van der Waals surface area contributed by atoms with Crippen LogP contribution in [-0.4, -0.2) is 52.6 Å². The van der Waals surface area contributed by atoms with E-state index in [4.69, 9.17) is 21.1 Å². The molecule has 1 aliphatic heterocycles. The zero-order valence-electron chi connectivity index (χ0n) is 16.8. The van der Waals surface area contributed by atoms with Crippen LogP contribution in [0.25, 0.3) is 0 Å². The lowest BCUT2D eigenvalue weighted by molar-refractivity contribution is 0.0720. The number of nitrogens with one attached hydrogen (secondary N) is 1. The fourth-order valence-corrected chi connectivity index (χ4v) is 4.50. The number of ether oxygens (including phenoxy) is 2. The predicted octanol–water partition coefficient (Wildman–Crippen LogP) is 3.33. The van der Waals surface area contributed by atoms with Gasteiger partial charge in [-0.1, -0.05) is 23.7 Å². The van der Waals surface area contributed by atoms with E-state index in [-0.39, 0.29) is 29.5 Å². The fourth-order valence-electron chi connectivity index (χ4n) is 3.27. The lowest BCUT2D eigenvalue weighted by Gasteiger charge is -2.27. The van der Waals surface area contributed by atoms with Crippen LogP contribution in [0.3, 0.4) is 0 Å². The van der Waals surface area contributed by atoms with Gasteiger partial charge in [0.2, 0.25) is 10.0 Å². The van der Waals surface area contributed by atoms with Gasteiger partial charge >= 0.3 is 0 Å². The van der Waals surface area contributed by atoms with Crippen LogP contribution in [0, 0.1) is 0 Å². The van der Waals surface area contributed by atoms with E-state index >= 15 is 0 Å². The largest absolute Gasteiger partial charge is 0.496 e. The van der Waals surface area contributed by atoms with Crippen LogP contribution in [0.2, 0.25) is 5.02 Å². The smallest absolute Gasteiger partial charge is 0.257 e. The number of benzene rings is 2. The second-order valence-corrected chi connectivity index (χ2v) is 9.07. The zero-order chi connectivity index (χ0) is 21.6. The molecular formula is C21H25ClN2O5S. The highest BCUT2D eigenvalue weighted by molar-refractivity contribution is 7.89. The Kier molecular flexibility index (Phi) is 7.58. The third-order valence-electron chi connectivity index (χ3n) is 4.84. The summed E-state index contributed by atoms with van der Waals surface area (Å²) in [6, 6.07) is 11.3. The molecule has 0 atom stereocenters. The molecule has 1 N–H and O–H groups in total. The first-order valence-electron chi connectivity index (χ1n) is 9.76. The van der Waals surface area contributed by atoms with Crippen molar-refractivity contribution in [3.63, 3.8) is 0 Å². The topological polar surface area (TPSA) is 84.9 Å². The van der Waals surface area contributed by atoms with Gasteiger partial charge in [-0.15, -0.1) is 0 Å². The normalized spacial score (nSPS) is 14.4. The summed E-state index contributed by atoms with van der Waals surface area (Å²) in [4.78, 5) is 14.6. The van der Waals surface area contributed by atoms with Gasteiger partial charge in [0.05, 0.1) is 22.6 Å². The quantitative estimate of drug-likeness (QED) is 0.621. The van der Waals surface area contributed by atoms with Crippen LogP contribution in [0.4, 0.5) is 0 Å². The second-order valence-electron chi connectivity index (χ2n) is 6.89. The number of nitrogens with zero attached hydrogens (tertiary/aromatic N) is 1. The van der Waals surface area contributed by atoms with E-state index in [1.807, 2.05) is 0 Å². The van der Waals surface area contributed by atoms with Crippen molar-refractivity contribution in [2.75, 3.05) is 33.4 Å². The monoisotopic (exact) mass is 452 g/mol. The lowest BCUT2D eigenvalue weighted by Crippen LogP contribution is -2.36.